The van der Waals surface area contributed by atoms with Crippen molar-refractivity contribution in [3.8, 4) is 5.88 Å². The summed E-state index contributed by atoms with van der Waals surface area (Å²) < 4.78 is 28.9. The minimum absolute atomic E-state index is 0.0121. The molecule has 0 spiro atoms. The number of carbonyl (C=O) groups is 1. The fourth-order valence-corrected chi connectivity index (χ4v) is 1.26. The van der Waals surface area contributed by atoms with Crippen molar-refractivity contribution in [1.29, 1.82) is 0 Å². The van der Waals surface area contributed by atoms with Crippen LogP contribution in [0.25, 0.3) is 0 Å². The van der Waals surface area contributed by atoms with E-state index in [1.54, 1.807) is 13.8 Å². The van der Waals surface area contributed by atoms with Gasteiger partial charge in [-0.1, -0.05) is 13.8 Å². The van der Waals surface area contributed by atoms with Gasteiger partial charge in [-0.3, -0.25) is 0 Å². The summed E-state index contributed by atoms with van der Waals surface area (Å²) in [5, 5.41) is 8.80. The van der Waals surface area contributed by atoms with E-state index >= 15 is 0 Å². The van der Waals surface area contributed by atoms with Crippen LogP contribution in [-0.4, -0.2) is 29.1 Å². The number of carboxylic acid groups (broad SMARTS) is 1. The third-order valence-corrected chi connectivity index (χ3v) is 2.09. The van der Waals surface area contributed by atoms with Gasteiger partial charge < -0.3 is 9.84 Å². The zero-order valence-electron chi connectivity index (χ0n) is 9.48. The first-order chi connectivity index (χ1) is 7.91. The van der Waals surface area contributed by atoms with E-state index in [-0.39, 0.29) is 17.4 Å². The van der Waals surface area contributed by atoms with Crippen LogP contribution in [0.1, 0.15) is 35.7 Å². The van der Waals surface area contributed by atoms with Gasteiger partial charge in [0.25, 0.3) is 6.43 Å². The smallest absolute Gasteiger partial charge is 0.337 e. The highest BCUT2D eigenvalue weighted by molar-refractivity contribution is 5.87. The maximum absolute atomic E-state index is 12.0. The van der Waals surface area contributed by atoms with Crippen molar-refractivity contribution in [2.75, 3.05) is 6.61 Å². The van der Waals surface area contributed by atoms with E-state index in [2.05, 4.69) is 4.98 Å². The Balaban J connectivity index is 3.00. The van der Waals surface area contributed by atoms with Crippen molar-refractivity contribution in [3.63, 3.8) is 0 Å². The lowest BCUT2D eigenvalue weighted by Gasteiger charge is -2.13. The average Bonchev–Trinajstić information content (AvgIpc) is 2.25. The second-order valence-electron chi connectivity index (χ2n) is 3.78. The zero-order chi connectivity index (χ0) is 13.0. The molecule has 0 atom stereocenters. The molecule has 1 aromatic heterocycles. The number of hydrogen-bond donors (Lipinski definition) is 1. The number of hydrogen-bond acceptors (Lipinski definition) is 3. The molecule has 0 aromatic carbocycles. The van der Waals surface area contributed by atoms with Crippen LogP contribution in [0, 0.1) is 0 Å². The lowest BCUT2D eigenvalue weighted by Crippen LogP contribution is -2.11. The highest BCUT2D eigenvalue weighted by atomic mass is 19.3. The molecule has 0 saturated heterocycles. The molecule has 0 fully saturated rings. The maximum Gasteiger partial charge on any atom is 0.337 e. The summed E-state index contributed by atoms with van der Waals surface area (Å²) in [5.41, 5.74) is 0.517. The number of rotatable bonds is 5. The van der Waals surface area contributed by atoms with Crippen molar-refractivity contribution in [2.45, 2.75) is 26.2 Å². The Morgan fingerprint density at radius 1 is 1.53 bits per heavy atom. The molecule has 0 bridgehead atoms. The van der Waals surface area contributed by atoms with Gasteiger partial charge in [0.1, 0.15) is 0 Å². The summed E-state index contributed by atoms with van der Waals surface area (Å²) in [6, 6.07) is 1.39. The highest BCUT2D eigenvalue weighted by Crippen LogP contribution is 2.25. The molecule has 6 heteroatoms. The Labute approximate surface area is 97.2 Å². The van der Waals surface area contributed by atoms with Crippen molar-refractivity contribution < 1.29 is 23.4 Å². The van der Waals surface area contributed by atoms with Gasteiger partial charge in [0.15, 0.2) is 6.61 Å². The van der Waals surface area contributed by atoms with Gasteiger partial charge in [-0.2, -0.15) is 0 Å². The first kappa shape index (κ1) is 13.3. The molecule has 4 nitrogen and oxygen atoms in total. The van der Waals surface area contributed by atoms with Gasteiger partial charge in [0, 0.05) is 11.8 Å². The third-order valence-electron chi connectivity index (χ3n) is 2.09. The monoisotopic (exact) mass is 245 g/mol. The van der Waals surface area contributed by atoms with Crippen molar-refractivity contribution >= 4 is 5.97 Å². The molecule has 0 unspecified atom stereocenters. The van der Waals surface area contributed by atoms with Crippen LogP contribution in [0.15, 0.2) is 12.3 Å². The minimum Gasteiger partial charge on any atom is -0.478 e. The summed E-state index contributed by atoms with van der Waals surface area (Å²) >= 11 is 0. The number of aromatic carboxylic acids is 1. The predicted molar refractivity (Wildman–Crippen MR) is 56.8 cm³/mol. The Morgan fingerprint density at radius 2 is 2.18 bits per heavy atom. The van der Waals surface area contributed by atoms with Gasteiger partial charge >= 0.3 is 5.97 Å². The van der Waals surface area contributed by atoms with Crippen LogP contribution in [-0.2, 0) is 0 Å². The van der Waals surface area contributed by atoms with E-state index in [9.17, 15) is 13.6 Å². The largest absolute Gasteiger partial charge is 0.478 e. The molecule has 1 heterocycles. The fraction of sp³-hybridized carbons (Fsp3) is 0.455. The first-order valence-electron chi connectivity index (χ1n) is 5.06. The Morgan fingerprint density at radius 3 is 2.65 bits per heavy atom. The van der Waals surface area contributed by atoms with Gasteiger partial charge in [-0.15, -0.1) is 0 Å². The summed E-state index contributed by atoms with van der Waals surface area (Å²) in [6.45, 7) is 2.86. The number of halogens is 2. The number of ether oxygens (including phenoxy) is 1. The van der Waals surface area contributed by atoms with Crippen LogP contribution in [0.4, 0.5) is 8.78 Å². The van der Waals surface area contributed by atoms with E-state index in [0.29, 0.717) is 5.56 Å². The number of alkyl halides is 2. The summed E-state index contributed by atoms with van der Waals surface area (Å²) in [5.74, 6) is -1.11. The summed E-state index contributed by atoms with van der Waals surface area (Å²) in [7, 11) is 0. The maximum atomic E-state index is 12.0. The molecule has 1 rings (SSSR count). The second kappa shape index (κ2) is 5.56. The molecule has 0 aliphatic carbocycles. The Bertz CT molecular complexity index is 408. The predicted octanol–water partition coefficient (Wildman–Crippen LogP) is 2.55. The highest BCUT2D eigenvalue weighted by Gasteiger charge is 2.15. The molecule has 17 heavy (non-hydrogen) atoms. The standard InChI is InChI=1S/C11H13F2NO3/c1-6(2)8-3-7(11(15)16)4-14-10(8)17-5-9(12)13/h3-4,6,9H,5H2,1-2H3,(H,15,16). The van der Waals surface area contributed by atoms with E-state index < -0.39 is 19.0 Å². The third kappa shape index (κ3) is 3.65. The molecule has 0 aliphatic rings. The van der Waals surface area contributed by atoms with E-state index in [1.165, 1.54) is 6.07 Å². The second-order valence-corrected chi connectivity index (χ2v) is 3.78. The molecule has 0 amide bonds. The summed E-state index contributed by atoms with van der Waals surface area (Å²) in [4.78, 5) is 14.5. The van der Waals surface area contributed by atoms with Crippen molar-refractivity contribution in [1.82, 2.24) is 4.98 Å². The lowest BCUT2D eigenvalue weighted by atomic mass is 10.0. The quantitative estimate of drug-likeness (QED) is 0.866. The Hall–Kier alpha value is -1.72. The topological polar surface area (TPSA) is 59.4 Å². The lowest BCUT2D eigenvalue weighted by molar-refractivity contribution is 0.0693. The zero-order valence-corrected chi connectivity index (χ0v) is 9.48. The van der Waals surface area contributed by atoms with E-state index in [0.717, 1.165) is 6.20 Å². The number of pyridine rings is 1. The fourth-order valence-electron chi connectivity index (χ4n) is 1.26. The van der Waals surface area contributed by atoms with E-state index in [4.69, 9.17) is 9.84 Å². The van der Waals surface area contributed by atoms with Gasteiger partial charge in [-0.05, 0) is 12.0 Å². The average molecular weight is 245 g/mol. The minimum atomic E-state index is -2.59. The molecule has 0 radical (unpaired) electrons. The van der Waals surface area contributed by atoms with E-state index in [1.807, 2.05) is 0 Å². The van der Waals surface area contributed by atoms with Crippen molar-refractivity contribution in [2.24, 2.45) is 0 Å². The summed E-state index contributed by atoms with van der Waals surface area (Å²) in [6.07, 6.45) is -1.49. The van der Waals surface area contributed by atoms with Gasteiger partial charge in [-0.25, -0.2) is 18.6 Å². The van der Waals surface area contributed by atoms with Crippen LogP contribution in [0.2, 0.25) is 0 Å². The molecule has 1 N–H and O–H groups in total. The number of carboxylic acids is 1. The van der Waals surface area contributed by atoms with Crippen LogP contribution in [0.5, 0.6) is 5.88 Å². The number of aromatic nitrogens is 1. The normalized spacial score (nSPS) is 10.9. The molecular formula is C11H13F2NO3. The molecule has 1 aromatic rings. The molecule has 0 aliphatic heterocycles. The molecular weight excluding hydrogens is 232 g/mol. The molecule has 0 saturated carbocycles. The number of nitrogens with zero attached hydrogens (tertiary/aromatic N) is 1. The van der Waals surface area contributed by atoms with Crippen molar-refractivity contribution in [3.05, 3.63) is 23.4 Å². The van der Waals surface area contributed by atoms with Gasteiger partial charge in [0.05, 0.1) is 5.56 Å². The molecule has 94 valence electrons. The van der Waals surface area contributed by atoms with Crippen LogP contribution >= 0.6 is 0 Å². The Kier molecular flexibility index (Phi) is 4.37. The van der Waals surface area contributed by atoms with Crippen LogP contribution < -0.4 is 4.74 Å². The van der Waals surface area contributed by atoms with Crippen LogP contribution in [0.3, 0.4) is 0 Å². The van der Waals surface area contributed by atoms with Gasteiger partial charge in [0.2, 0.25) is 5.88 Å². The first-order valence-corrected chi connectivity index (χ1v) is 5.06. The SMILES string of the molecule is CC(C)c1cc(C(=O)O)cnc1OCC(F)F.